The van der Waals surface area contributed by atoms with Gasteiger partial charge in [0.1, 0.15) is 11.5 Å². The van der Waals surface area contributed by atoms with E-state index in [9.17, 15) is 4.39 Å². The first-order valence-corrected chi connectivity index (χ1v) is 10.4. The van der Waals surface area contributed by atoms with Crippen LogP contribution >= 0.6 is 0 Å². The summed E-state index contributed by atoms with van der Waals surface area (Å²) in [4.78, 5) is 9.16. The molecule has 0 saturated heterocycles. The number of benzene rings is 1. The molecule has 160 valence electrons. The molecular weight excluding hydrogens is 375 g/mol. The van der Waals surface area contributed by atoms with Crippen LogP contribution in [0.1, 0.15) is 47.6 Å². The minimum atomic E-state index is -0.233. The SMILES string of the molecule is C=CNCCC(CCCNC(=C)c1nc(C)c(C)nc1C)C(=C)c1ccc(F)cc1. The van der Waals surface area contributed by atoms with E-state index in [1.165, 1.54) is 12.1 Å². The highest BCUT2D eigenvalue weighted by Gasteiger charge is 2.15. The van der Waals surface area contributed by atoms with Crippen molar-refractivity contribution in [2.24, 2.45) is 5.92 Å². The fourth-order valence-corrected chi connectivity index (χ4v) is 3.42. The minimum absolute atomic E-state index is 0.233. The molecule has 0 radical (unpaired) electrons. The third kappa shape index (κ3) is 6.55. The molecule has 1 heterocycles. The summed E-state index contributed by atoms with van der Waals surface area (Å²) in [7, 11) is 0. The molecule has 0 spiro atoms. The van der Waals surface area contributed by atoms with Gasteiger partial charge in [-0.05, 0) is 75.4 Å². The summed E-state index contributed by atoms with van der Waals surface area (Å²) in [5.41, 5.74) is 6.39. The number of nitrogens with zero attached hydrogens (tertiary/aromatic N) is 2. The number of rotatable bonds is 12. The van der Waals surface area contributed by atoms with Gasteiger partial charge in [-0.25, -0.2) is 9.37 Å². The van der Waals surface area contributed by atoms with E-state index in [4.69, 9.17) is 0 Å². The van der Waals surface area contributed by atoms with Gasteiger partial charge >= 0.3 is 0 Å². The molecule has 0 fully saturated rings. The zero-order chi connectivity index (χ0) is 22.1. The van der Waals surface area contributed by atoms with E-state index in [0.29, 0.717) is 5.92 Å². The van der Waals surface area contributed by atoms with Gasteiger partial charge in [0, 0.05) is 13.1 Å². The molecule has 5 heteroatoms. The van der Waals surface area contributed by atoms with Crippen LogP contribution in [0.4, 0.5) is 4.39 Å². The maximum Gasteiger partial charge on any atom is 0.123 e. The lowest BCUT2D eigenvalue weighted by molar-refractivity contribution is 0.524. The average molecular weight is 409 g/mol. The molecule has 0 amide bonds. The van der Waals surface area contributed by atoms with Gasteiger partial charge in [-0.3, -0.25) is 4.98 Å². The molecule has 0 aliphatic carbocycles. The molecule has 1 unspecified atom stereocenters. The Morgan fingerprint density at radius 1 is 1.00 bits per heavy atom. The van der Waals surface area contributed by atoms with Gasteiger partial charge in [-0.1, -0.05) is 31.9 Å². The van der Waals surface area contributed by atoms with Crippen molar-refractivity contribution in [2.45, 2.75) is 40.0 Å². The number of halogens is 1. The number of hydrogen-bond donors (Lipinski definition) is 2. The van der Waals surface area contributed by atoms with E-state index >= 15 is 0 Å². The molecular formula is C25H33FN4. The largest absolute Gasteiger partial charge is 0.391 e. The normalized spacial score (nSPS) is 11.6. The second-order valence-electron chi connectivity index (χ2n) is 7.55. The lowest BCUT2D eigenvalue weighted by Crippen LogP contribution is -2.18. The van der Waals surface area contributed by atoms with Gasteiger partial charge in [0.15, 0.2) is 0 Å². The predicted octanol–water partition coefficient (Wildman–Crippen LogP) is 5.33. The topological polar surface area (TPSA) is 49.8 Å². The van der Waals surface area contributed by atoms with Crippen LogP contribution in [-0.4, -0.2) is 23.1 Å². The highest BCUT2D eigenvalue weighted by Crippen LogP contribution is 2.28. The molecule has 0 aliphatic heterocycles. The Labute approximate surface area is 180 Å². The Morgan fingerprint density at radius 2 is 1.67 bits per heavy atom. The molecule has 2 N–H and O–H groups in total. The second-order valence-corrected chi connectivity index (χ2v) is 7.55. The van der Waals surface area contributed by atoms with Crippen LogP contribution < -0.4 is 10.6 Å². The highest BCUT2D eigenvalue weighted by molar-refractivity contribution is 5.65. The zero-order valence-electron chi connectivity index (χ0n) is 18.4. The van der Waals surface area contributed by atoms with Crippen LogP contribution in [0, 0.1) is 32.5 Å². The standard InChI is InChI=1S/C25H33FN4/c1-7-27-16-14-22(17(2)23-10-12-24(26)13-11-23)9-8-15-28-20(5)25-21(6)29-18(3)19(4)30-25/h7,10-13,22,27-28H,1-2,5,8-9,14-16H2,3-4,6H3. The van der Waals surface area contributed by atoms with Crippen molar-refractivity contribution in [3.63, 3.8) is 0 Å². The van der Waals surface area contributed by atoms with Crippen molar-refractivity contribution in [3.8, 4) is 0 Å². The Hall–Kier alpha value is -2.95. The van der Waals surface area contributed by atoms with Crippen molar-refractivity contribution in [1.29, 1.82) is 0 Å². The van der Waals surface area contributed by atoms with Crippen LogP contribution in [0.5, 0.6) is 0 Å². The number of aryl methyl sites for hydroxylation is 3. The third-order valence-electron chi connectivity index (χ3n) is 5.32. The maximum atomic E-state index is 13.3. The van der Waals surface area contributed by atoms with E-state index in [1.807, 2.05) is 20.8 Å². The van der Waals surface area contributed by atoms with Gasteiger partial charge < -0.3 is 10.6 Å². The Kier molecular flexibility index (Phi) is 8.78. The fourth-order valence-electron chi connectivity index (χ4n) is 3.42. The van der Waals surface area contributed by atoms with E-state index in [0.717, 1.165) is 72.0 Å². The van der Waals surface area contributed by atoms with Gasteiger partial charge in [0.2, 0.25) is 0 Å². The summed E-state index contributed by atoms with van der Waals surface area (Å²) in [5.74, 6) is 0.0602. The Balaban J connectivity index is 1.94. The molecule has 1 atom stereocenters. The zero-order valence-corrected chi connectivity index (χ0v) is 18.4. The number of aromatic nitrogens is 2. The summed E-state index contributed by atoms with van der Waals surface area (Å²) in [6, 6.07) is 6.57. The maximum absolute atomic E-state index is 13.3. The van der Waals surface area contributed by atoms with Crippen LogP contribution in [0.25, 0.3) is 11.3 Å². The van der Waals surface area contributed by atoms with Crippen molar-refractivity contribution in [2.75, 3.05) is 13.1 Å². The monoisotopic (exact) mass is 408 g/mol. The van der Waals surface area contributed by atoms with Crippen LogP contribution in [-0.2, 0) is 0 Å². The molecule has 2 aromatic rings. The lowest BCUT2D eigenvalue weighted by atomic mass is 9.87. The highest BCUT2D eigenvalue weighted by atomic mass is 19.1. The first kappa shape index (κ1) is 23.3. The van der Waals surface area contributed by atoms with Crippen LogP contribution in [0.15, 0.2) is 50.2 Å². The molecule has 30 heavy (non-hydrogen) atoms. The Bertz CT molecular complexity index is 887. The summed E-state index contributed by atoms with van der Waals surface area (Å²) in [6.45, 7) is 19.6. The number of hydrogen-bond acceptors (Lipinski definition) is 4. The fraction of sp³-hybridized carbons (Fsp3) is 0.360. The van der Waals surface area contributed by atoms with Gasteiger partial charge in [-0.2, -0.15) is 0 Å². The smallest absolute Gasteiger partial charge is 0.123 e. The molecule has 0 bridgehead atoms. The number of allylic oxidation sites excluding steroid dienone is 1. The summed E-state index contributed by atoms with van der Waals surface area (Å²) < 4.78 is 13.3. The summed E-state index contributed by atoms with van der Waals surface area (Å²) in [5, 5.41) is 6.55. The predicted molar refractivity (Wildman–Crippen MR) is 124 cm³/mol. The van der Waals surface area contributed by atoms with Crippen LogP contribution in [0.3, 0.4) is 0 Å². The lowest BCUT2D eigenvalue weighted by Gasteiger charge is -2.21. The Morgan fingerprint density at radius 3 is 2.33 bits per heavy atom. The van der Waals surface area contributed by atoms with Crippen molar-refractivity contribution in [1.82, 2.24) is 20.6 Å². The van der Waals surface area contributed by atoms with Gasteiger partial charge in [0.05, 0.1) is 22.8 Å². The van der Waals surface area contributed by atoms with Crippen molar-refractivity contribution < 1.29 is 4.39 Å². The molecule has 1 aromatic carbocycles. The van der Waals surface area contributed by atoms with E-state index in [-0.39, 0.29) is 5.82 Å². The summed E-state index contributed by atoms with van der Waals surface area (Å²) in [6.07, 6.45) is 4.56. The molecule has 0 aliphatic rings. The molecule has 0 saturated carbocycles. The van der Waals surface area contributed by atoms with E-state index < -0.39 is 0 Å². The quantitative estimate of drug-likeness (QED) is 0.466. The summed E-state index contributed by atoms with van der Waals surface area (Å²) >= 11 is 0. The molecule has 2 rings (SSSR count). The first-order chi connectivity index (χ1) is 14.3. The van der Waals surface area contributed by atoms with Crippen LogP contribution in [0.2, 0.25) is 0 Å². The van der Waals surface area contributed by atoms with Crippen molar-refractivity contribution >= 4 is 11.3 Å². The molecule has 4 nitrogen and oxygen atoms in total. The minimum Gasteiger partial charge on any atom is -0.391 e. The third-order valence-corrected chi connectivity index (χ3v) is 5.32. The van der Waals surface area contributed by atoms with Gasteiger partial charge in [0.25, 0.3) is 0 Å². The first-order valence-electron chi connectivity index (χ1n) is 10.4. The number of nitrogens with one attached hydrogen (secondary N) is 2. The average Bonchev–Trinajstić information content (AvgIpc) is 2.72. The van der Waals surface area contributed by atoms with Gasteiger partial charge in [-0.15, -0.1) is 0 Å². The van der Waals surface area contributed by atoms with E-state index in [2.05, 4.69) is 40.3 Å². The van der Waals surface area contributed by atoms with Crippen molar-refractivity contribution in [3.05, 3.63) is 84.4 Å². The second kappa shape index (κ2) is 11.3. The van der Waals surface area contributed by atoms with E-state index in [1.54, 1.807) is 18.3 Å². The molecule has 1 aromatic heterocycles.